The molecule has 1 aromatic carbocycles. The molecule has 0 saturated carbocycles. The summed E-state index contributed by atoms with van der Waals surface area (Å²) in [7, 11) is 0. The summed E-state index contributed by atoms with van der Waals surface area (Å²) in [6.45, 7) is 2.11. The average Bonchev–Trinajstić information content (AvgIpc) is 3.20. The van der Waals surface area contributed by atoms with E-state index in [2.05, 4.69) is 15.6 Å². The predicted octanol–water partition coefficient (Wildman–Crippen LogP) is 3.72. The minimum Gasteiger partial charge on any atom is -0.316 e. The number of benzene rings is 1. The van der Waals surface area contributed by atoms with Crippen LogP contribution >= 0.6 is 22.9 Å². The maximum atomic E-state index is 12.0. The van der Waals surface area contributed by atoms with Crippen LogP contribution in [0.4, 0.5) is 5.13 Å². The monoisotopic (exact) mass is 349 g/mol. The van der Waals surface area contributed by atoms with E-state index in [0.29, 0.717) is 17.5 Å². The molecule has 1 fully saturated rings. The van der Waals surface area contributed by atoms with Gasteiger partial charge in [-0.2, -0.15) is 0 Å². The van der Waals surface area contributed by atoms with Gasteiger partial charge in [0, 0.05) is 28.9 Å². The molecule has 0 bridgehead atoms. The zero-order valence-corrected chi connectivity index (χ0v) is 14.4. The van der Waals surface area contributed by atoms with Gasteiger partial charge in [0.15, 0.2) is 5.13 Å². The number of halogens is 1. The van der Waals surface area contributed by atoms with Crippen molar-refractivity contribution in [3.63, 3.8) is 0 Å². The van der Waals surface area contributed by atoms with E-state index in [4.69, 9.17) is 11.6 Å². The fourth-order valence-electron chi connectivity index (χ4n) is 2.73. The molecular weight excluding hydrogens is 330 g/mol. The summed E-state index contributed by atoms with van der Waals surface area (Å²) in [5, 5.41) is 7.66. The second kappa shape index (κ2) is 7.90. The van der Waals surface area contributed by atoms with Gasteiger partial charge in [0.05, 0.1) is 0 Å². The lowest BCUT2D eigenvalue weighted by atomic mass is 10.0. The number of amides is 1. The van der Waals surface area contributed by atoms with Gasteiger partial charge < -0.3 is 10.6 Å². The number of hydrogen-bond donors (Lipinski definition) is 2. The summed E-state index contributed by atoms with van der Waals surface area (Å²) in [5.74, 6) is 0.696. The van der Waals surface area contributed by atoms with Crippen molar-refractivity contribution in [2.24, 2.45) is 5.92 Å². The molecule has 2 aromatic rings. The first-order chi connectivity index (χ1) is 11.2. The van der Waals surface area contributed by atoms with Crippen molar-refractivity contribution in [3.8, 4) is 0 Å². The van der Waals surface area contributed by atoms with E-state index in [1.165, 1.54) is 23.3 Å². The van der Waals surface area contributed by atoms with Gasteiger partial charge in [0.1, 0.15) is 0 Å². The molecule has 122 valence electrons. The van der Waals surface area contributed by atoms with E-state index in [9.17, 15) is 4.79 Å². The Hall–Kier alpha value is -1.43. The number of nitrogens with zero attached hydrogens (tertiary/aromatic N) is 1. The summed E-state index contributed by atoms with van der Waals surface area (Å²) in [5.41, 5.74) is 1.18. The maximum absolute atomic E-state index is 12.0. The summed E-state index contributed by atoms with van der Waals surface area (Å²) < 4.78 is 0. The Balaban J connectivity index is 1.48. The number of aromatic nitrogens is 1. The van der Waals surface area contributed by atoms with Crippen molar-refractivity contribution in [1.82, 2.24) is 10.3 Å². The molecule has 1 aliphatic heterocycles. The van der Waals surface area contributed by atoms with Gasteiger partial charge in [-0.1, -0.05) is 23.7 Å². The van der Waals surface area contributed by atoms with E-state index in [1.54, 1.807) is 0 Å². The summed E-state index contributed by atoms with van der Waals surface area (Å²) in [4.78, 5) is 17.4. The van der Waals surface area contributed by atoms with Crippen LogP contribution in [0.1, 0.15) is 29.7 Å². The minimum absolute atomic E-state index is 0.0595. The average molecular weight is 350 g/mol. The number of hydrogen-bond acceptors (Lipinski definition) is 4. The maximum Gasteiger partial charge on any atom is 0.226 e. The molecule has 0 radical (unpaired) electrons. The Morgan fingerprint density at radius 3 is 2.96 bits per heavy atom. The molecule has 1 unspecified atom stereocenters. The second-order valence-corrected chi connectivity index (χ2v) is 7.43. The normalized spacial score (nSPS) is 17.3. The lowest BCUT2D eigenvalue weighted by Crippen LogP contribution is -2.14. The van der Waals surface area contributed by atoms with E-state index >= 15 is 0 Å². The fourth-order valence-corrected chi connectivity index (χ4v) is 3.72. The highest BCUT2D eigenvalue weighted by Crippen LogP contribution is 2.22. The third kappa shape index (κ3) is 5.03. The van der Waals surface area contributed by atoms with Crippen LogP contribution in [-0.2, 0) is 11.2 Å². The van der Waals surface area contributed by atoms with Crippen molar-refractivity contribution in [1.29, 1.82) is 0 Å². The highest BCUT2D eigenvalue weighted by molar-refractivity contribution is 7.15. The van der Waals surface area contributed by atoms with E-state index in [1.807, 2.05) is 30.5 Å². The summed E-state index contributed by atoms with van der Waals surface area (Å²) in [6.07, 6.45) is 5.32. The number of anilines is 1. The van der Waals surface area contributed by atoms with E-state index in [0.717, 1.165) is 35.8 Å². The smallest absolute Gasteiger partial charge is 0.226 e. The highest BCUT2D eigenvalue weighted by Gasteiger charge is 2.16. The van der Waals surface area contributed by atoms with Gasteiger partial charge in [-0.05, 0) is 49.5 Å². The van der Waals surface area contributed by atoms with Crippen LogP contribution in [0, 0.1) is 5.92 Å². The molecule has 0 aliphatic carbocycles. The zero-order chi connectivity index (χ0) is 16.1. The Morgan fingerprint density at radius 2 is 2.22 bits per heavy atom. The van der Waals surface area contributed by atoms with Gasteiger partial charge in [0.25, 0.3) is 0 Å². The van der Waals surface area contributed by atoms with Crippen molar-refractivity contribution in [3.05, 3.63) is 45.9 Å². The number of rotatable bonds is 6. The van der Waals surface area contributed by atoms with Gasteiger partial charge in [-0.15, -0.1) is 11.3 Å². The molecule has 3 rings (SSSR count). The quantitative estimate of drug-likeness (QED) is 0.835. The van der Waals surface area contributed by atoms with Crippen LogP contribution in [0.5, 0.6) is 0 Å². The van der Waals surface area contributed by atoms with Gasteiger partial charge >= 0.3 is 0 Å². The molecule has 0 spiro atoms. The standard InChI is InChI=1S/C17H20ClN3OS/c18-14-4-1-12(2-5-14)9-15-11-20-17(23-15)21-16(22)6-3-13-7-8-19-10-13/h1-2,4-5,11,13,19H,3,6-10H2,(H,20,21,22). The van der Waals surface area contributed by atoms with Crippen LogP contribution in [0.2, 0.25) is 5.02 Å². The number of thiazole rings is 1. The van der Waals surface area contributed by atoms with Crippen molar-refractivity contribution in [2.45, 2.75) is 25.7 Å². The Bertz CT molecular complexity index is 650. The van der Waals surface area contributed by atoms with E-state index in [-0.39, 0.29) is 5.91 Å². The molecule has 23 heavy (non-hydrogen) atoms. The second-order valence-electron chi connectivity index (χ2n) is 5.88. The number of nitrogens with one attached hydrogen (secondary N) is 2. The molecular formula is C17H20ClN3OS. The van der Waals surface area contributed by atoms with Crippen molar-refractivity contribution < 1.29 is 4.79 Å². The molecule has 1 amide bonds. The third-order valence-corrected chi connectivity index (χ3v) is 5.20. The van der Waals surface area contributed by atoms with Crippen LogP contribution in [0.15, 0.2) is 30.5 Å². The lowest BCUT2D eigenvalue weighted by molar-refractivity contribution is -0.116. The largest absolute Gasteiger partial charge is 0.316 e. The lowest BCUT2D eigenvalue weighted by Gasteiger charge is -2.06. The molecule has 6 heteroatoms. The van der Waals surface area contributed by atoms with Gasteiger partial charge in [0.2, 0.25) is 5.91 Å². The first-order valence-corrected chi connectivity index (χ1v) is 9.08. The molecule has 1 aromatic heterocycles. The molecule has 4 nitrogen and oxygen atoms in total. The SMILES string of the molecule is O=C(CCC1CCNC1)Nc1ncc(Cc2ccc(Cl)cc2)s1. The predicted molar refractivity (Wildman–Crippen MR) is 95.2 cm³/mol. The van der Waals surface area contributed by atoms with Crippen molar-refractivity contribution >= 4 is 34.0 Å². The Labute approximate surface area is 145 Å². The molecule has 2 N–H and O–H groups in total. The Morgan fingerprint density at radius 1 is 1.39 bits per heavy atom. The third-order valence-electron chi connectivity index (χ3n) is 4.03. The summed E-state index contributed by atoms with van der Waals surface area (Å²) in [6, 6.07) is 7.79. The van der Waals surface area contributed by atoms with Crippen LogP contribution in [-0.4, -0.2) is 24.0 Å². The highest BCUT2D eigenvalue weighted by atomic mass is 35.5. The molecule has 1 saturated heterocycles. The molecule has 1 aliphatic rings. The molecule has 2 heterocycles. The molecule has 1 atom stereocenters. The summed E-state index contributed by atoms with van der Waals surface area (Å²) >= 11 is 7.42. The number of carbonyl (C=O) groups excluding carboxylic acids is 1. The minimum atomic E-state index is 0.0595. The van der Waals surface area contributed by atoms with Crippen molar-refractivity contribution in [2.75, 3.05) is 18.4 Å². The first-order valence-electron chi connectivity index (χ1n) is 7.89. The van der Waals surface area contributed by atoms with E-state index < -0.39 is 0 Å². The Kier molecular flexibility index (Phi) is 5.65. The van der Waals surface area contributed by atoms with Crippen LogP contribution in [0.3, 0.4) is 0 Å². The first kappa shape index (κ1) is 16.4. The zero-order valence-electron chi connectivity index (χ0n) is 12.8. The fraction of sp³-hybridized carbons (Fsp3) is 0.412. The van der Waals surface area contributed by atoms with Crippen LogP contribution in [0.25, 0.3) is 0 Å². The van der Waals surface area contributed by atoms with Gasteiger partial charge in [-0.3, -0.25) is 4.79 Å². The number of carbonyl (C=O) groups is 1. The van der Waals surface area contributed by atoms with Crippen LogP contribution < -0.4 is 10.6 Å². The topological polar surface area (TPSA) is 54.0 Å². The van der Waals surface area contributed by atoms with Gasteiger partial charge in [-0.25, -0.2) is 4.98 Å².